The van der Waals surface area contributed by atoms with E-state index in [0.29, 0.717) is 0 Å². The summed E-state index contributed by atoms with van der Waals surface area (Å²) in [6.07, 6.45) is 4.33. The second-order valence-corrected chi connectivity index (χ2v) is 5.53. The maximum atomic E-state index is 12.9. The lowest BCUT2D eigenvalue weighted by Gasteiger charge is -2.15. The van der Waals surface area contributed by atoms with Gasteiger partial charge in [0.25, 0.3) is 0 Å². The van der Waals surface area contributed by atoms with Crippen molar-refractivity contribution in [1.82, 2.24) is 4.98 Å². The zero-order valence-corrected chi connectivity index (χ0v) is 11.7. The second-order valence-electron chi connectivity index (χ2n) is 5.53. The van der Waals surface area contributed by atoms with E-state index in [2.05, 4.69) is 29.4 Å². The smallest absolute Gasteiger partial charge is 0.126 e. The van der Waals surface area contributed by atoms with E-state index in [0.717, 1.165) is 30.6 Å². The van der Waals surface area contributed by atoms with Crippen LogP contribution in [0.2, 0.25) is 0 Å². The molecule has 1 aromatic heterocycles. The highest BCUT2D eigenvalue weighted by molar-refractivity contribution is 5.41. The van der Waals surface area contributed by atoms with Crippen LogP contribution in [0.3, 0.4) is 0 Å². The van der Waals surface area contributed by atoms with Crippen molar-refractivity contribution < 1.29 is 4.39 Å². The average Bonchev–Trinajstić information content (AvgIpc) is 2.89. The molecular formula is C17H19FN2. The van der Waals surface area contributed by atoms with E-state index in [4.69, 9.17) is 0 Å². The molecule has 0 spiro atoms. The summed E-state index contributed by atoms with van der Waals surface area (Å²) >= 11 is 0. The van der Waals surface area contributed by atoms with Gasteiger partial charge in [0.15, 0.2) is 0 Å². The Labute approximate surface area is 119 Å². The van der Waals surface area contributed by atoms with Gasteiger partial charge in [-0.2, -0.15) is 0 Å². The van der Waals surface area contributed by atoms with Crippen LogP contribution in [0.1, 0.15) is 30.2 Å². The third-order valence-corrected chi connectivity index (χ3v) is 3.78. The van der Waals surface area contributed by atoms with Crippen LogP contribution in [0.5, 0.6) is 0 Å². The summed E-state index contributed by atoms with van der Waals surface area (Å²) in [7, 11) is 0. The molecule has 1 aliphatic carbocycles. The van der Waals surface area contributed by atoms with Crippen molar-refractivity contribution in [2.24, 2.45) is 0 Å². The number of nitrogens with zero attached hydrogens (tertiary/aromatic N) is 1. The molecule has 104 valence electrons. The van der Waals surface area contributed by atoms with Crippen LogP contribution in [-0.2, 0) is 19.3 Å². The number of halogens is 1. The number of benzene rings is 1. The standard InChI is InChI=1S/C17H19FN2/c1-12(11-13-5-8-15(18)9-6-13)19-17-10-7-14-3-2-4-16(14)20-17/h5-10,12H,2-4,11H2,1H3,(H,19,20). The van der Waals surface area contributed by atoms with E-state index in [1.807, 2.05) is 12.1 Å². The molecule has 0 bridgehead atoms. The number of pyridine rings is 1. The van der Waals surface area contributed by atoms with Crippen molar-refractivity contribution in [2.75, 3.05) is 5.32 Å². The van der Waals surface area contributed by atoms with Crippen LogP contribution in [0.25, 0.3) is 0 Å². The largest absolute Gasteiger partial charge is 0.367 e. The Hall–Kier alpha value is -1.90. The molecule has 1 atom stereocenters. The fraction of sp³-hybridized carbons (Fsp3) is 0.353. The van der Waals surface area contributed by atoms with Crippen LogP contribution < -0.4 is 5.32 Å². The Morgan fingerprint density at radius 1 is 1.15 bits per heavy atom. The topological polar surface area (TPSA) is 24.9 Å². The molecule has 0 aliphatic heterocycles. The molecule has 1 aromatic carbocycles. The van der Waals surface area contributed by atoms with E-state index < -0.39 is 0 Å². The number of aromatic nitrogens is 1. The van der Waals surface area contributed by atoms with Gasteiger partial charge >= 0.3 is 0 Å². The number of hydrogen-bond donors (Lipinski definition) is 1. The van der Waals surface area contributed by atoms with Crippen molar-refractivity contribution in [1.29, 1.82) is 0 Å². The van der Waals surface area contributed by atoms with Crippen LogP contribution in [0, 0.1) is 5.82 Å². The zero-order chi connectivity index (χ0) is 13.9. The number of anilines is 1. The highest BCUT2D eigenvalue weighted by Gasteiger charge is 2.13. The molecule has 1 unspecified atom stereocenters. The zero-order valence-electron chi connectivity index (χ0n) is 11.7. The minimum Gasteiger partial charge on any atom is -0.367 e. The van der Waals surface area contributed by atoms with Gasteiger partial charge in [-0.15, -0.1) is 0 Å². The van der Waals surface area contributed by atoms with Gasteiger partial charge < -0.3 is 5.32 Å². The molecular weight excluding hydrogens is 251 g/mol. The highest BCUT2D eigenvalue weighted by atomic mass is 19.1. The SMILES string of the molecule is CC(Cc1ccc(F)cc1)Nc1ccc2c(n1)CCC2. The number of nitrogens with one attached hydrogen (secondary N) is 1. The van der Waals surface area contributed by atoms with Gasteiger partial charge in [-0.1, -0.05) is 18.2 Å². The molecule has 0 fully saturated rings. The summed E-state index contributed by atoms with van der Waals surface area (Å²) < 4.78 is 12.9. The molecule has 0 saturated carbocycles. The summed E-state index contributed by atoms with van der Waals surface area (Å²) in [5, 5.41) is 3.43. The number of hydrogen-bond acceptors (Lipinski definition) is 2. The fourth-order valence-corrected chi connectivity index (χ4v) is 2.78. The maximum Gasteiger partial charge on any atom is 0.126 e. The normalized spacial score (nSPS) is 14.9. The predicted octanol–water partition coefficient (Wildman–Crippen LogP) is 3.75. The monoisotopic (exact) mass is 270 g/mol. The van der Waals surface area contributed by atoms with Gasteiger partial charge in [-0.25, -0.2) is 9.37 Å². The van der Waals surface area contributed by atoms with Crippen molar-refractivity contribution in [3.63, 3.8) is 0 Å². The molecule has 3 heteroatoms. The summed E-state index contributed by atoms with van der Waals surface area (Å²) in [5.74, 6) is 0.759. The first-order valence-electron chi connectivity index (χ1n) is 7.20. The Kier molecular flexibility index (Phi) is 3.68. The molecule has 0 amide bonds. The van der Waals surface area contributed by atoms with Gasteiger partial charge in [0.1, 0.15) is 11.6 Å². The van der Waals surface area contributed by atoms with E-state index >= 15 is 0 Å². The average molecular weight is 270 g/mol. The van der Waals surface area contributed by atoms with Gasteiger partial charge in [-0.05, 0) is 61.9 Å². The Balaban J connectivity index is 1.63. The summed E-state index contributed by atoms with van der Waals surface area (Å²) in [4.78, 5) is 4.68. The first-order chi connectivity index (χ1) is 9.70. The first-order valence-corrected chi connectivity index (χ1v) is 7.20. The van der Waals surface area contributed by atoms with E-state index in [1.54, 1.807) is 0 Å². The van der Waals surface area contributed by atoms with Gasteiger partial charge in [0, 0.05) is 11.7 Å². The van der Waals surface area contributed by atoms with Crippen molar-refractivity contribution in [2.45, 2.75) is 38.6 Å². The minimum absolute atomic E-state index is 0.186. The quantitative estimate of drug-likeness (QED) is 0.915. The molecule has 1 aliphatic rings. The second kappa shape index (κ2) is 5.61. The molecule has 0 saturated heterocycles. The third kappa shape index (κ3) is 2.98. The summed E-state index contributed by atoms with van der Waals surface area (Å²) in [6.45, 7) is 2.12. The van der Waals surface area contributed by atoms with Gasteiger partial charge in [0.05, 0.1) is 0 Å². The lowest BCUT2D eigenvalue weighted by atomic mass is 10.1. The molecule has 0 radical (unpaired) electrons. The van der Waals surface area contributed by atoms with E-state index in [-0.39, 0.29) is 11.9 Å². The molecule has 20 heavy (non-hydrogen) atoms. The van der Waals surface area contributed by atoms with Crippen LogP contribution in [0.15, 0.2) is 36.4 Å². The first kappa shape index (κ1) is 13.1. The molecule has 2 aromatic rings. The lowest BCUT2D eigenvalue weighted by Crippen LogP contribution is -2.19. The lowest BCUT2D eigenvalue weighted by molar-refractivity contribution is 0.626. The molecule has 1 N–H and O–H groups in total. The predicted molar refractivity (Wildman–Crippen MR) is 79.5 cm³/mol. The third-order valence-electron chi connectivity index (χ3n) is 3.78. The van der Waals surface area contributed by atoms with Crippen molar-refractivity contribution in [3.05, 3.63) is 59.0 Å². The number of fused-ring (bicyclic) bond motifs is 1. The van der Waals surface area contributed by atoms with Crippen LogP contribution in [-0.4, -0.2) is 11.0 Å². The fourth-order valence-electron chi connectivity index (χ4n) is 2.78. The molecule has 1 heterocycles. The van der Waals surface area contributed by atoms with Crippen LogP contribution >= 0.6 is 0 Å². The highest BCUT2D eigenvalue weighted by Crippen LogP contribution is 2.22. The van der Waals surface area contributed by atoms with Crippen molar-refractivity contribution >= 4 is 5.82 Å². The van der Waals surface area contributed by atoms with Crippen LogP contribution in [0.4, 0.5) is 10.2 Å². The molecule has 3 rings (SSSR count). The Bertz CT molecular complexity index is 592. The maximum absolute atomic E-state index is 12.9. The number of aryl methyl sites for hydroxylation is 2. The minimum atomic E-state index is -0.186. The molecule has 2 nitrogen and oxygen atoms in total. The van der Waals surface area contributed by atoms with Gasteiger partial charge in [-0.3, -0.25) is 0 Å². The van der Waals surface area contributed by atoms with Crippen molar-refractivity contribution in [3.8, 4) is 0 Å². The summed E-state index contributed by atoms with van der Waals surface area (Å²) in [5.41, 5.74) is 3.76. The van der Waals surface area contributed by atoms with Gasteiger partial charge in [0.2, 0.25) is 0 Å². The summed E-state index contributed by atoms with van der Waals surface area (Å²) in [6, 6.07) is 11.2. The Morgan fingerprint density at radius 2 is 1.95 bits per heavy atom. The number of rotatable bonds is 4. The van der Waals surface area contributed by atoms with E-state index in [9.17, 15) is 4.39 Å². The Morgan fingerprint density at radius 3 is 2.75 bits per heavy atom. The van der Waals surface area contributed by atoms with E-state index in [1.165, 1.54) is 29.8 Å².